The van der Waals surface area contributed by atoms with Crippen LogP contribution in [0.5, 0.6) is 0 Å². The molecule has 27 heavy (non-hydrogen) atoms. The Morgan fingerprint density at radius 3 is 2.22 bits per heavy atom. The van der Waals surface area contributed by atoms with Gasteiger partial charge >= 0.3 is 0 Å². The average Bonchev–Trinajstić information content (AvgIpc) is 2.62. The monoisotopic (exact) mass is 411 g/mol. The largest absolute Gasteiger partial charge is 0.326 e. The zero-order valence-electron chi connectivity index (χ0n) is 14.8. The number of halogens is 1. The molecule has 0 bridgehead atoms. The Hall–Kier alpha value is -2.46. The van der Waals surface area contributed by atoms with E-state index >= 15 is 0 Å². The van der Waals surface area contributed by atoms with E-state index in [0.29, 0.717) is 11.4 Å². The highest BCUT2D eigenvalue weighted by molar-refractivity contribution is 7.89. The normalized spacial score (nSPS) is 11.3. The molecule has 0 aliphatic heterocycles. The van der Waals surface area contributed by atoms with E-state index in [1.54, 1.807) is 12.1 Å². The van der Waals surface area contributed by atoms with Crippen molar-refractivity contribution in [3.05, 3.63) is 53.1 Å². The third kappa shape index (κ3) is 5.04. The number of rotatable bonds is 6. The SMILES string of the molecule is CON(C)S(=O)(=O)c1ccc(C(=O)Nc2ccc(NC(C)=O)cc2Cl)cc1. The van der Waals surface area contributed by atoms with Crippen LogP contribution in [-0.2, 0) is 19.7 Å². The van der Waals surface area contributed by atoms with E-state index in [-0.39, 0.29) is 21.4 Å². The molecule has 0 saturated carbocycles. The number of hydroxylamine groups is 1. The number of amides is 2. The molecule has 10 heteroatoms. The van der Waals surface area contributed by atoms with Crippen LogP contribution in [-0.4, -0.2) is 38.9 Å². The Bertz CT molecular complexity index is 961. The summed E-state index contributed by atoms with van der Waals surface area (Å²) in [5.74, 6) is -0.703. The lowest BCUT2D eigenvalue weighted by Crippen LogP contribution is -2.25. The van der Waals surface area contributed by atoms with Crippen LogP contribution >= 0.6 is 11.6 Å². The fourth-order valence-corrected chi connectivity index (χ4v) is 3.32. The van der Waals surface area contributed by atoms with Gasteiger partial charge in [-0.25, -0.2) is 8.42 Å². The number of anilines is 2. The lowest BCUT2D eigenvalue weighted by Gasteiger charge is -2.14. The van der Waals surface area contributed by atoms with Gasteiger partial charge < -0.3 is 10.6 Å². The maximum absolute atomic E-state index is 12.4. The first-order valence-corrected chi connectivity index (χ1v) is 9.48. The van der Waals surface area contributed by atoms with Gasteiger partial charge in [0.15, 0.2) is 0 Å². The van der Waals surface area contributed by atoms with Crippen LogP contribution in [0.15, 0.2) is 47.4 Å². The van der Waals surface area contributed by atoms with E-state index in [0.717, 1.165) is 4.47 Å². The zero-order chi connectivity index (χ0) is 20.2. The summed E-state index contributed by atoms with van der Waals surface area (Å²) < 4.78 is 25.0. The third-order valence-electron chi connectivity index (χ3n) is 3.55. The Morgan fingerprint density at radius 1 is 1.07 bits per heavy atom. The van der Waals surface area contributed by atoms with Gasteiger partial charge in [0.25, 0.3) is 15.9 Å². The minimum atomic E-state index is -3.79. The van der Waals surface area contributed by atoms with Gasteiger partial charge in [0.1, 0.15) is 0 Å². The average molecular weight is 412 g/mol. The van der Waals surface area contributed by atoms with Crippen LogP contribution in [0, 0.1) is 0 Å². The molecule has 2 rings (SSSR count). The molecule has 2 aromatic carbocycles. The van der Waals surface area contributed by atoms with Crippen molar-refractivity contribution in [2.75, 3.05) is 24.8 Å². The lowest BCUT2D eigenvalue weighted by atomic mass is 10.2. The summed E-state index contributed by atoms with van der Waals surface area (Å²) in [4.78, 5) is 28.1. The van der Waals surface area contributed by atoms with Crippen molar-refractivity contribution in [1.82, 2.24) is 4.47 Å². The summed E-state index contributed by atoms with van der Waals surface area (Å²) in [5, 5.41) is 5.46. The van der Waals surface area contributed by atoms with Gasteiger partial charge in [-0.15, -0.1) is 0 Å². The van der Waals surface area contributed by atoms with Crippen LogP contribution < -0.4 is 10.6 Å². The molecule has 0 fully saturated rings. The predicted octanol–water partition coefficient (Wildman–Crippen LogP) is 2.73. The highest BCUT2D eigenvalue weighted by Crippen LogP contribution is 2.26. The summed E-state index contributed by atoms with van der Waals surface area (Å²) in [7, 11) is -1.29. The van der Waals surface area contributed by atoms with Gasteiger partial charge in [-0.3, -0.25) is 14.4 Å². The quantitative estimate of drug-likeness (QED) is 0.711. The van der Waals surface area contributed by atoms with E-state index < -0.39 is 15.9 Å². The van der Waals surface area contributed by atoms with Crippen LogP contribution in [0.25, 0.3) is 0 Å². The first-order chi connectivity index (χ1) is 12.6. The van der Waals surface area contributed by atoms with Crippen molar-refractivity contribution in [2.24, 2.45) is 0 Å². The van der Waals surface area contributed by atoms with Crippen LogP contribution in [0.1, 0.15) is 17.3 Å². The second kappa shape index (κ2) is 8.49. The molecule has 0 aliphatic rings. The second-order valence-electron chi connectivity index (χ2n) is 5.45. The molecule has 144 valence electrons. The maximum atomic E-state index is 12.4. The summed E-state index contributed by atoms with van der Waals surface area (Å²) in [6, 6.07) is 10.0. The first-order valence-electron chi connectivity index (χ1n) is 7.66. The summed E-state index contributed by atoms with van der Waals surface area (Å²) in [6.45, 7) is 1.37. The topological polar surface area (TPSA) is 105 Å². The molecule has 2 aromatic rings. The van der Waals surface area contributed by atoms with Crippen molar-refractivity contribution in [3.63, 3.8) is 0 Å². The maximum Gasteiger partial charge on any atom is 0.264 e. The Labute approximate surface area is 162 Å². The van der Waals surface area contributed by atoms with Gasteiger partial charge in [0, 0.05) is 25.2 Å². The van der Waals surface area contributed by atoms with E-state index in [1.165, 1.54) is 51.4 Å². The number of hydrogen-bond acceptors (Lipinski definition) is 5. The molecule has 0 heterocycles. The molecule has 0 spiro atoms. The van der Waals surface area contributed by atoms with Gasteiger partial charge in [-0.05, 0) is 42.5 Å². The molecule has 0 atom stereocenters. The minimum Gasteiger partial charge on any atom is -0.326 e. The Kier molecular flexibility index (Phi) is 6.55. The van der Waals surface area contributed by atoms with E-state index in [2.05, 4.69) is 10.6 Å². The number of benzene rings is 2. The van der Waals surface area contributed by atoms with Crippen molar-refractivity contribution in [2.45, 2.75) is 11.8 Å². The third-order valence-corrected chi connectivity index (χ3v) is 5.55. The number of nitrogens with one attached hydrogen (secondary N) is 2. The van der Waals surface area contributed by atoms with E-state index in [9.17, 15) is 18.0 Å². The van der Waals surface area contributed by atoms with E-state index in [4.69, 9.17) is 16.4 Å². The van der Waals surface area contributed by atoms with Gasteiger partial charge in [0.2, 0.25) is 5.91 Å². The standard InChI is InChI=1S/C17H18ClN3O5S/c1-11(22)19-13-6-9-16(15(18)10-13)20-17(23)12-4-7-14(8-5-12)27(24,25)21(2)26-3/h4-10H,1-3H3,(H,19,22)(H,20,23). The smallest absolute Gasteiger partial charge is 0.264 e. The van der Waals surface area contributed by atoms with Gasteiger partial charge in [-0.1, -0.05) is 16.1 Å². The zero-order valence-corrected chi connectivity index (χ0v) is 16.4. The van der Waals surface area contributed by atoms with Crippen molar-refractivity contribution < 1.29 is 22.8 Å². The van der Waals surface area contributed by atoms with E-state index in [1.807, 2.05) is 0 Å². The molecule has 0 aliphatic carbocycles. The van der Waals surface area contributed by atoms with Crippen molar-refractivity contribution in [3.8, 4) is 0 Å². The molecule has 8 nitrogen and oxygen atoms in total. The number of nitrogens with zero attached hydrogens (tertiary/aromatic N) is 1. The summed E-state index contributed by atoms with van der Waals surface area (Å²) >= 11 is 6.12. The second-order valence-corrected chi connectivity index (χ2v) is 7.79. The molecule has 2 N–H and O–H groups in total. The number of carbonyl (C=O) groups excluding carboxylic acids is 2. The number of sulfonamides is 1. The van der Waals surface area contributed by atoms with Gasteiger partial charge in [-0.2, -0.15) is 0 Å². The molecule has 2 amide bonds. The fraction of sp³-hybridized carbons (Fsp3) is 0.176. The highest BCUT2D eigenvalue weighted by atomic mass is 35.5. The molecule has 0 unspecified atom stereocenters. The minimum absolute atomic E-state index is 0.0129. The van der Waals surface area contributed by atoms with Crippen molar-refractivity contribution >= 4 is 44.8 Å². The Morgan fingerprint density at radius 2 is 1.70 bits per heavy atom. The lowest BCUT2D eigenvalue weighted by molar-refractivity contribution is -0.114. The molecule has 0 saturated heterocycles. The predicted molar refractivity (Wildman–Crippen MR) is 102 cm³/mol. The number of hydrogen-bond donors (Lipinski definition) is 2. The van der Waals surface area contributed by atoms with Gasteiger partial charge in [0.05, 0.1) is 22.7 Å². The highest BCUT2D eigenvalue weighted by Gasteiger charge is 2.21. The van der Waals surface area contributed by atoms with Crippen molar-refractivity contribution in [1.29, 1.82) is 0 Å². The summed E-state index contributed by atoms with van der Waals surface area (Å²) in [5.41, 5.74) is 1.10. The van der Waals surface area contributed by atoms with Crippen LogP contribution in [0.3, 0.4) is 0 Å². The van der Waals surface area contributed by atoms with Crippen LogP contribution in [0.2, 0.25) is 5.02 Å². The molecular weight excluding hydrogens is 394 g/mol. The fourth-order valence-electron chi connectivity index (χ4n) is 2.12. The molecule has 0 aromatic heterocycles. The molecular formula is C17H18ClN3O5S. The molecule has 0 radical (unpaired) electrons. The van der Waals surface area contributed by atoms with Crippen LogP contribution in [0.4, 0.5) is 11.4 Å². The number of carbonyl (C=O) groups is 2. The summed E-state index contributed by atoms with van der Waals surface area (Å²) in [6.07, 6.45) is 0. The Balaban J connectivity index is 2.16. The first kappa shape index (κ1) is 20.8.